The first-order chi connectivity index (χ1) is 17.0. The van der Waals surface area contributed by atoms with Crippen molar-refractivity contribution in [2.75, 3.05) is 26.8 Å². The standard InChI is InChI=1S/C29H45N3O3/c1-4-5-6-7-8-9-13-19-28(33)31(21-15-22-35-3)25-29(34)32(23-26-16-11-10-12-17-26)24-27-18-14-20-30(27)2/h10-12,14,16-18,20H,4-9,13,15,19,21-25H2,1-3H3. The van der Waals surface area contributed by atoms with E-state index in [1.54, 1.807) is 12.0 Å². The summed E-state index contributed by atoms with van der Waals surface area (Å²) in [6.07, 6.45) is 11.4. The molecular formula is C29H45N3O3. The first kappa shape index (κ1) is 28.6. The normalized spacial score (nSPS) is 10.9. The number of hydrogen-bond donors (Lipinski definition) is 0. The third-order valence-electron chi connectivity index (χ3n) is 6.42. The van der Waals surface area contributed by atoms with Gasteiger partial charge in [-0.2, -0.15) is 0 Å². The number of rotatable bonds is 18. The lowest BCUT2D eigenvalue weighted by molar-refractivity contribution is -0.141. The van der Waals surface area contributed by atoms with Gasteiger partial charge in [0.2, 0.25) is 11.8 Å². The molecule has 1 aromatic heterocycles. The van der Waals surface area contributed by atoms with E-state index < -0.39 is 0 Å². The molecule has 6 heteroatoms. The van der Waals surface area contributed by atoms with E-state index in [1.807, 2.05) is 65.2 Å². The third kappa shape index (κ3) is 11.1. The lowest BCUT2D eigenvalue weighted by atomic mass is 10.1. The quantitative estimate of drug-likeness (QED) is 0.261. The van der Waals surface area contributed by atoms with Crippen LogP contribution in [0.25, 0.3) is 0 Å². The average molecular weight is 484 g/mol. The first-order valence-electron chi connectivity index (χ1n) is 13.2. The van der Waals surface area contributed by atoms with Crippen LogP contribution in [0.5, 0.6) is 0 Å². The minimum Gasteiger partial charge on any atom is -0.385 e. The molecule has 2 aromatic rings. The summed E-state index contributed by atoms with van der Waals surface area (Å²) in [5.41, 5.74) is 2.14. The molecule has 35 heavy (non-hydrogen) atoms. The topological polar surface area (TPSA) is 54.8 Å². The molecule has 0 aliphatic rings. The Morgan fingerprint density at radius 1 is 0.829 bits per heavy atom. The number of unbranched alkanes of at least 4 members (excludes halogenated alkanes) is 6. The lowest BCUT2D eigenvalue weighted by Crippen LogP contribution is -2.43. The average Bonchev–Trinajstić information content (AvgIpc) is 3.27. The molecular weight excluding hydrogens is 438 g/mol. The molecule has 0 aliphatic carbocycles. The summed E-state index contributed by atoms with van der Waals surface area (Å²) >= 11 is 0. The Labute approximate surface area is 212 Å². The molecule has 2 amide bonds. The van der Waals surface area contributed by atoms with Gasteiger partial charge in [-0.25, -0.2) is 0 Å². The molecule has 6 nitrogen and oxygen atoms in total. The van der Waals surface area contributed by atoms with Crippen LogP contribution in [0.2, 0.25) is 0 Å². The molecule has 1 heterocycles. The predicted octanol–water partition coefficient (Wildman–Crippen LogP) is 5.56. The van der Waals surface area contributed by atoms with Crippen molar-refractivity contribution < 1.29 is 14.3 Å². The summed E-state index contributed by atoms with van der Waals surface area (Å²) in [6, 6.07) is 14.1. The Morgan fingerprint density at radius 3 is 2.20 bits per heavy atom. The third-order valence-corrected chi connectivity index (χ3v) is 6.42. The number of aromatic nitrogens is 1. The molecule has 0 atom stereocenters. The van der Waals surface area contributed by atoms with Crippen molar-refractivity contribution >= 4 is 11.8 Å². The van der Waals surface area contributed by atoms with Gasteiger partial charge < -0.3 is 19.1 Å². The van der Waals surface area contributed by atoms with Gasteiger partial charge in [-0.3, -0.25) is 9.59 Å². The largest absolute Gasteiger partial charge is 0.385 e. The monoisotopic (exact) mass is 483 g/mol. The second-order valence-electron chi connectivity index (χ2n) is 9.38. The number of carbonyl (C=O) groups excluding carboxylic acids is 2. The van der Waals surface area contributed by atoms with E-state index in [0.717, 1.165) is 30.5 Å². The number of ether oxygens (including phenoxy) is 1. The van der Waals surface area contributed by atoms with Crippen molar-refractivity contribution in [3.63, 3.8) is 0 Å². The Kier molecular flexibility index (Phi) is 13.9. The van der Waals surface area contributed by atoms with Crippen molar-refractivity contribution in [2.24, 2.45) is 7.05 Å². The molecule has 0 fully saturated rings. The van der Waals surface area contributed by atoms with Crippen molar-refractivity contribution in [2.45, 2.75) is 77.8 Å². The number of hydrogen-bond acceptors (Lipinski definition) is 3. The highest BCUT2D eigenvalue weighted by Gasteiger charge is 2.22. The molecule has 0 spiro atoms. The molecule has 0 unspecified atom stereocenters. The van der Waals surface area contributed by atoms with Crippen LogP contribution in [0, 0.1) is 0 Å². The summed E-state index contributed by atoms with van der Waals surface area (Å²) in [6.45, 7) is 4.47. The summed E-state index contributed by atoms with van der Waals surface area (Å²) in [5.74, 6) is 0.0434. The Balaban J connectivity index is 2.00. The molecule has 0 saturated heterocycles. The van der Waals surface area contributed by atoms with Crippen LogP contribution in [0.4, 0.5) is 0 Å². The number of nitrogens with zero attached hydrogens (tertiary/aromatic N) is 3. The number of methoxy groups -OCH3 is 1. The van der Waals surface area contributed by atoms with E-state index in [1.165, 1.54) is 32.1 Å². The molecule has 0 radical (unpaired) electrons. The maximum atomic E-state index is 13.5. The molecule has 1 aromatic carbocycles. The van der Waals surface area contributed by atoms with Crippen molar-refractivity contribution in [1.82, 2.24) is 14.4 Å². The van der Waals surface area contributed by atoms with E-state index in [2.05, 4.69) is 6.92 Å². The Bertz CT molecular complexity index is 850. The fourth-order valence-corrected chi connectivity index (χ4v) is 4.24. The van der Waals surface area contributed by atoms with Crippen LogP contribution < -0.4 is 0 Å². The SMILES string of the molecule is CCCCCCCCCC(=O)N(CCCOC)CC(=O)N(Cc1ccccc1)Cc1cccn1C. The van der Waals surface area contributed by atoms with E-state index in [4.69, 9.17) is 4.74 Å². The summed E-state index contributed by atoms with van der Waals surface area (Å²) in [5, 5.41) is 0. The van der Waals surface area contributed by atoms with Gasteiger partial charge in [0.1, 0.15) is 0 Å². The van der Waals surface area contributed by atoms with Crippen molar-refractivity contribution in [3.05, 3.63) is 59.9 Å². The van der Waals surface area contributed by atoms with Gasteiger partial charge in [-0.15, -0.1) is 0 Å². The molecule has 0 saturated carbocycles. The number of carbonyl (C=O) groups is 2. The summed E-state index contributed by atoms with van der Waals surface area (Å²) < 4.78 is 7.23. The van der Waals surface area contributed by atoms with Crippen molar-refractivity contribution in [1.29, 1.82) is 0 Å². The van der Waals surface area contributed by atoms with Gasteiger partial charge in [-0.05, 0) is 30.5 Å². The van der Waals surface area contributed by atoms with Crippen molar-refractivity contribution in [3.8, 4) is 0 Å². The predicted molar refractivity (Wildman–Crippen MR) is 142 cm³/mol. The highest BCUT2D eigenvalue weighted by molar-refractivity contribution is 5.84. The van der Waals surface area contributed by atoms with Crippen LogP contribution >= 0.6 is 0 Å². The van der Waals surface area contributed by atoms with Crippen LogP contribution in [-0.2, 0) is 34.5 Å². The number of benzene rings is 1. The molecule has 194 valence electrons. The zero-order valence-corrected chi connectivity index (χ0v) is 22.1. The van der Waals surface area contributed by atoms with E-state index in [-0.39, 0.29) is 18.4 Å². The van der Waals surface area contributed by atoms with Crippen LogP contribution in [0.3, 0.4) is 0 Å². The van der Waals surface area contributed by atoms with Crippen LogP contribution in [0.15, 0.2) is 48.7 Å². The maximum Gasteiger partial charge on any atom is 0.242 e. The molecule has 2 rings (SSSR count). The second kappa shape index (κ2) is 16.9. The minimum atomic E-state index is -0.0274. The van der Waals surface area contributed by atoms with Gasteiger partial charge in [0.15, 0.2) is 0 Å². The molecule has 0 aliphatic heterocycles. The van der Waals surface area contributed by atoms with E-state index in [9.17, 15) is 9.59 Å². The second-order valence-corrected chi connectivity index (χ2v) is 9.38. The number of aryl methyl sites for hydroxylation is 1. The van der Waals surface area contributed by atoms with Crippen LogP contribution in [-0.4, -0.2) is 53.0 Å². The lowest BCUT2D eigenvalue weighted by Gasteiger charge is -2.28. The van der Waals surface area contributed by atoms with Gasteiger partial charge in [-0.1, -0.05) is 75.8 Å². The Morgan fingerprint density at radius 2 is 1.54 bits per heavy atom. The minimum absolute atomic E-state index is 0.0274. The zero-order chi connectivity index (χ0) is 25.3. The smallest absolute Gasteiger partial charge is 0.242 e. The van der Waals surface area contributed by atoms with E-state index >= 15 is 0 Å². The highest BCUT2D eigenvalue weighted by atomic mass is 16.5. The van der Waals surface area contributed by atoms with Crippen LogP contribution in [0.1, 0.15) is 76.0 Å². The van der Waals surface area contributed by atoms with E-state index in [0.29, 0.717) is 32.7 Å². The Hall–Kier alpha value is -2.60. The fraction of sp³-hybridized carbons (Fsp3) is 0.586. The number of amides is 2. The highest BCUT2D eigenvalue weighted by Crippen LogP contribution is 2.13. The zero-order valence-electron chi connectivity index (χ0n) is 22.1. The fourth-order valence-electron chi connectivity index (χ4n) is 4.24. The van der Waals surface area contributed by atoms with Gasteiger partial charge in [0, 0.05) is 52.2 Å². The first-order valence-corrected chi connectivity index (χ1v) is 13.2. The maximum absolute atomic E-state index is 13.5. The molecule has 0 bridgehead atoms. The van der Waals surface area contributed by atoms with Gasteiger partial charge in [0.25, 0.3) is 0 Å². The summed E-state index contributed by atoms with van der Waals surface area (Å²) in [4.78, 5) is 30.2. The summed E-state index contributed by atoms with van der Waals surface area (Å²) in [7, 11) is 3.65. The molecule has 0 N–H and O–H groups in total. The van der Waals surface area contributed by atoms with Gasteiger partial charge >= 0.3 is 0 Å². The van der Waals surface area contributed by atoms with Gasteiger partial charge in [0.05, 0.1) is 13.1 Å².